The fraction of sp³-hybridized carbons (Fsp3) is 0.160. The third-order valence-electron chi connectivity index (χ3n) is 6.12. The van der Waals surface area contributed by atoms with Crippen LogP contribution in [-0.2, 0) is 0 Å². The molecule has 1 fully saturated rings. The number of hydrogen-bond donors (Lipinski definition) is 0. The summed E-state index contributed by atoms with van der Waals surface area (Å²) in [6, 6.07) is 19.2. The number of anilines is 2. The Morgan fingerprint density at radius 1 is 1.06 bits per heavy atom. The van der Waals surface area contributed by atoms with Gasteiger partial charge in [-0.25, -0.2) is 4.39 Å². The molecule has 0 atom stereocenters. The maximum Gasteiger partial charge on any atom is 0.257 e. The van der Waals surface area contributed by atoms with Gasteiger partial charge in [-0.2, -0.15) is 4.98 Å². The molecule has 0 aliphatic heterocycles. The molecule has 0 unspecified atom stereocenters. The van der Waals surface area contributed by atoms with E-state index in [1.807, 2.05) is 43.4 Å². The van der Waals surface area contributed by atoms with E-state index in [9.17, 15) is 0 Å². The van der Waals surface area contributed by atoms with Crippen LogP contribution >= 0.6 is 11.6 Å². The summed E-state index contributed by atoms with van der Waals surface area (Å²) in [6.45, 7) is 0. The van der Waals surface area contributed by atoms with Gasteiger partial charge in [-0.05, 0) is 54.2 Å². The van der Waals surface area contributed by atoms with Crippen LogP contribution in [0.25, 0.3) is 27.8 Å². The summed E-state index contributed by atoms with van der Waals surface area (Å²) in [6.07, 6.45) is 4.09. The van der Waals surface area contributed by atoms with Crippen molar-refractivity contribution in [3.8, 4) is 11.1 Å². The molecule has 2 aromatic heterocycles. The highest BCUT2D eigenvalue weighted by Crippen LogP contribution is 2.41. The first-order chi connectivity index (χ1) is 15.6. The van der Waals surface area contributed by atoms with E-state index in [0.717, 1.165) is 16.5 Å². The number of nitrogens with zero attached hydrogens (tertiary/aromatic N) is 5. The molecule has 0 N–H and O–H groups in total. The standard InChI is InChI=1S/C25H19ClFN5/c1-31(24-20-12-11-18(26)13-22(20)32-14-28-30-25(32)29-24)21-4-2-3-19(23(21)27)17-9-7-16(8-10-17)15-5-6-15/h2-4,7-15H,5-6H2,1H3. The highest BCUT2D eigenvalue weighted by Gasteiger charge is 2.23. The average molecular weight is 444 g/mol. The van der Waals surface area contributed by atoms with E-state index in [0.29, 0.717) is 33.8 Å². The minimum absolute atomic E-state index is 0.292. The monoisotopic (exact) mass is 443 g/mol. The lowest BCUT2D eigenvalue weighted by Gasteiger charge is -2.22. The third kappa shape index (κ3) is 3.10. The first-order valence-electron chi connectivity index (χ1n) is 10.5. The van der Waals surface area contributed by atoms with Crippen molar-refractivity contribution in [2.24, 2.45) is 0 Å². The highest BCUT2D eigenvalue weighted by atomic mass is 35.5. The van der Waals surface area contributed by atoms with Crippen LogP contribution in [0.1, 0.15) is 24.3 Å². The summed E-state index contributed by atoms with van der Waals surface area (Å²) in [5, 5.41) is 9.47. The van der Waals surface area contributed by atoms with E-state index in [-0.39, 0.29) is 5.82 Å². The molecule has 0 saturated heterocycles. The largest absolute Gasteiger partial charge is 0.326 e. The SMILES string of the molecule is CN(c1cccc(-c2ccc(C3CC3)cc2)c1F)c1nc2nncn2c2cc(Cl)ccc12. The van der Waals surface area contributed by atoms with E-state index in [2.05, 4.69) is 27.3 Å². The Balaban J connectivity index is 1.47. The van der Waals surface area contributed by atoms with E-state index in [1.165, 1.54) is 18.4 Å². The van der Waals surface area contributed by atoms with E-state index in [1.54, 1.807) is 27.8 Å². The zero-order chi connectivity index (χ0) is 21.8. The molecule has 32 heavy (non-hydrogen) atoms. The Morgan fingerprint density at radius 3 is 2.66 bits per heavy atom. The molecule has 5 aromatic rings. The van der Waals surface area contributed by atoms with Crippen molar-refractivity contribution < 1.29 is 4.39 Å². The fourth-order valence-corrected chi connectivity index (χ4v) is 4.41. The number of halogens is 2. The Morgan fingerprint density at radius 2 is 1.88 bits per heavy atom. The highest BCUT2D eigenvalue weighted by molar-refractivity contribution is 6.31. The summed E-state index contributed by atoms with van der Waals surface area (Å²) < 4.78 is 17.5. The number of hydrogen-bond acceptors (Lipinski definition) is 4. The lowest BCUT2D eigenvalue weighted by atomic mass is 10.0. The van der Waals surface area contributed by atoms with Gasteiger partial charge in [0.05, 0.1) is 11.2 Å². The van der Waals surface area contributed by atoms with Crippen molar-refractivity contribution >= 4 is 39.8 Å². The van der Waals surface area contributed by atoms with E-state index in [4.69, 9.17) is 11.6 Å². The second kappa shape index (κ2) is 7.28. The molecule has 1 aliphatic rings. The van der Waals surface area contributed by atoms with Gasteiger partial charge in [0, 0.05) is 23.0 Å². The Labute approximate surface area is 189 Å². The summed E-state index contributed by atoms with van der Waals surface area (Å²) in [5.41, 5.74) is 3.99. The van der Waals surface area contributed by atoms with Crippen LogP contribution in [0.3, 0.4) is 0 Å². The zero-order valence-corrected chi connectivity index (χ0v) is 18.1. The van der Waals surface area contributed by atoms with Gasteiger partial charge in [-0.1, -0.05) is 48.0 Å². The molecule has 0 spiro atoms. The Kier molecular flexibility index (Phi) is 4.36. The van der Waals surface area contributed by atoms with Crippen LogP contribution < -0.4 is 4.90 Å². The molecule has 1 aliphatic carbocycles. The number of fused-ring (bicyclic) bond motifs is 3. The van der Waals surface area contributed by atoms with Gasteiger partial charge in [0.1, 0.15) is 12.1 Å². The lowest BCUT2D eigenvalue weighted by Crippen LogP contribution is -2.15. The van der Waals surface area contributed by atoms with Gasteiger partial charge < -0.3 is 4.90 Å². The smallest absolute Gasteiger partial charge is 0.257 e. The molecule has 3 aromatic carbocycles. The van der Waals surface area contributed by atoms with Gasteiger partial charge >= 0.3 is 0 Å². The maximum absolute atomic E-state index is 15.8. The second-order valence-electron chi connectivity index (χ2n) is 8.19. The lowest BCUT2D eigenvalue weighted by molar-refractivity contribution is 0.631. The molecule has 1 saturated carbocycles. The van der Waals surface area contributed by atoms with Crippen molar-refractivity contribution in [1.82, 2.24) is 19.6 Å². The van der Waals surface area contributed by atoms with Crippen molar-refractivity contribution in [1.29, 1.82) is 0 Å². The predicted octanol–water partition coefficient (Wildman–Crippen LogP) is 6.38. The molecule has 0 amide bonds. The molecule has 2 heterocycles. The van der Waals surface area contributed by atoms with Crippen molar-refractivity contribution in [2.75, 3.05) is 11.9 Å². The predicted molar refractivity (Wildman–Crippen MR) is 125 cm³/mol. The Bertz CT molecular complexity index is 1470. The number of rotatable bonds is 4. The summed E-state index contributed by atoms with van der Waals surface area (Å²) in [4.78, 5) is 6.41. The first kappa shape index (κ1) is 19.2. The molecule has 7 heteroatoms. The fourth-order valence-electron chi connectivity index (χ4n) is 4.25. The van der Waals surface area contributed by atoms with Crippen LogP contribution in [0, 0.1) is 5.82 Å². The molecule has 0 radical (unpaired) electrons. The zero-order valence-electron chi connectivity index (χ0n) is 17.3. The van der Waals surface area contributed by atoms with E-state index >= 15 is 4.39 Å². The van der Waals surface area contributed by atoms with Crippen molar-refractivity contribution in [3.05, 3.63) is 83.4 Å². The molecule has 158 valence electrons. The first-order valence-corrected chi connectivity index (χ1v) is 10.9. The minimum Gasteiger partial charge on any atom is -0.326 e. The summed E-state index contributed by atoms with van der Waals surface area (Å²) >= 11 is 6.24. The normalized spacial score (nSPS) is 13.7. The second-order valence-corrected chi connectivity index (χ2v) is 8.63. The molecular formula is C25H19ClFN5. The third-order valence-corrected chi connectivity index (χ3v) is 6.36. The molecular weight excluding hydrogens is 425 g/mol. The van der Waals surface area contributed by atoms with Crippen LogP contribution in [0.2, 0.25) is 5.02 Å². The summed E-state index contributed by atoms with van der Waals surface area (Å²) in [7, 11) is 1.81. The average Bonchev–Trinajstić information content (AvgIpc) is 3.55. The maximum atomic E-state index is 15.8. The van der Waals surface area contributed by atoms with Gasteiger partial charge in [-0.3, -0.25) is 4.40 Å². The van der Waals surface area contributed by atoms with E-state index < -0.39 is 0 Å². The number of benzene rings is 3. The molecule has 0 bridgehead atoms. The van der Waals surface area contributed by atoms with Gasteiger partial charge in [0.2, 0.25) is 0 Å². The minimum atomic E-state index is -0.292. The number of aromatic nitrogens is 4. The Hall–Kier alpha value is -3.51. The van der Waals surface area contributed by atoms with Gasteiger partial charge in [0.15, 0.2) is 5.82 Å². The van der Waals surface area contributed by atoms with Crippen LogP contribution in [0.5, 0.6) is 0 Å². The van der Waals surface area contributed by atoms with Crippen molar-refractivity contribution in [2.45, 2.75) is 18.8 Å². The quantitative estimate of drug-likeness (QED) is 0.323. The van der Waals surface area contributed by atoms with Gasteiger partial charge in [0.25, 0.3) is 5.78 Å². The van der Waals surface area contributed by atoms with Crippen molar-refractivity contribution in [3.63, 3.8) is 0 Å². The topological polar surface area (TPSA) is 46.3 Å². The summed E-state index contributed by atoms with van der Waals surface area (Å²) in [5.74, 6) is 1.39. The van der Waals surface area contributed by atoms with Crippen LogP contribution in [0.4, 0.5) is 15.9 Å². The molecule has 5 nitrogen and oxygen atoms in total. The van der Waals surface area contributed by atoms with Gasteiger partial charge in [-0.15, -0.1) is 10.2 Å². The van der Waals surface area contributed by atoms with Crippen LogP contribution in [0.15, 0.2) is 67.0 Å². The van der Waals surface area contributed by atoms with Crippen LogP contribution in [-0.4, -0.2) is 26.6 Å². The molecule has 6 rings (SSSR count).